The smallest absolute Gasteiger partial charge is 0.256 e. The van der Waals surface area contributed by atoms with Gasteiger partial charge in [-0.25, -0.2) is 4.39 Å². The average molecular weight is 544 g/mol. The number of amides is 3. The molecule has 1 N–H and O–H groups in total. The lowest BCUT2D eigenvalue weighted by atomic mass is 9.95. The first-order valence-electron chi connectivity index (χ1n) is 13.8. The van der Waals surface area contributed by atoms with E-state index in [4.69, 9.17) is 4.74 Å². The van der Waals surface area contributed by atoms with Gasteiger partial charge in [-0.2, -0.15) is 0 Å². The van der Waals surface area contributed by atoms with Crippen molar-refractivity contribution >= 4 is 17.7 Å². The van der Waals surface area contributed by atoms with Gasteiger partial charge in [0.25, 0.3) is 11.8 Å². The van der Waals surface area contributed by atoms with Gasteiger partial charge in [0.2, 0.25) is 5.91 Å². The highest BCUT2D eigenvalue weighted by Gasteiger charge is 2.54. The van der Waals surface area contributed by atoms with E-state index in [1.165, 1.54) is 29.2 Å². The molecule has 0 aliphatic carbocycles. The molecule has 0 bridgehead atoms. The number of hydrogen-bond acceptors (Lipinski definition) is 4. The maximum Gasteiger partial charge on any atom is 0.256 e. The summed E-state index contributed by atoms with van der Waals surface area (Å²) >= 11 is 0. The van der Waals surface area contributed by atoms with E-state index in [1.54, 1.807) is 4.90 Å². The molecular formula is C32H34FN3O4. The van der Waals surface area contributed by atoms with E-state index >= 15 is 0 Å². The minimum absolute atomic E-state index is 0.0344. The van der Waals surface area contributed by atoms with E-state index in [-0.39, 0.29) is 30.0 Å². The van der Waals surface area contributed by atoms with E-state index in [1.807, 2.05) is 61.5 Å². The first kappa shape index (κ1) is 27.5. The number of benzene rings is 3. The highest BCUT2D eigenvalue weighted by atomic mass is 19.1. The normalized spacial score (nSPS) is 18.9. The van der Waals surface area contributed by atoms with Crippen LogP contribution in [0.2, 0.25) is 0 Å². The summed E-state index contributed by atoms with van der Waals surface area (Å²) in [7, 11) is 0. The molecule has 2 saturated heterocycles. The highest BCUT2D eigenvalue weighted by Crippen LogP contribution is 2.39. The van der Waals surface area contributed by atoms with Gasteiger partial charge in [-0.15, -0.1) is 0 Å². The zero-order valence-corrected chi connectivity index (χ0v) is 22.8. The topological polar surface area (TPSA) is 79.0 Å². The van der Waals surface area contributed by atoms with Crippen LogP contribution in [0.25, 0.3) is 0 Å². The molecule has 2 heterocycles. The van der Waals surface area contributed by atoms with Crippen molar-refractivity contribution in [3.63, 3.8) is 0 Å². The van der Waals surface area contributed by atoms with Crippen molar-refractivity contribution in [2.75, 3.05) is 19.7 Å². The number of nitrogens with zero attached hydrogens (tertiary/aromatic N) is 2. The van der Waals surface area contributed by atoms with Gasteiger partial charge in [0.15, 0.2) is 0 Å². The Morgan fingerprint density at radius 2 is 1.52 bits per heavy atom. The molecule has 0 aromatic heterocycles. The van der Waals surface area contributed by atoms with Crippen LogP contribution in [0, 0.1) is 5.82 Å². The maximum atomic E-state index is 13.9. The van der Waals surface area contributed by atoms with Gasteiger partial charge in [0.1, 0.15) is 17.6 Å². The quantitative estimate of drug-likeness (QED) is 0.487. The molecule has 2 atom stereocenters. The molecule has 2 fully saturated rings. The second kappa shape index (κ2) is 11.6. The molecule has 3 amide bonds. The summed E-state index contributed by atoms with van der Waals surface area (Å²) in [6.45, 7) is 4.73. The number of aryl methyl sites for hydroxylation is 1. The molecule has 0 unspecified atom stereocenters. The predicted molar refractivity (Wildman–Crippen MR) is 149 cm³/mol. The van der Waals surface area contributed by atoms with Gasteiger partial charge < -0.3 is 15.0 Å². The lowest BCUT2D eigenvalue weighted by Crippen LogP contribution is -2.60. The number of hydrogen-bond donors (Lipinski definition) is 1. The SMILES string of the molecule is CCc1ccc(C(=O)N2CCC3(CC2)OC[C@@H](C(=O)N[C@@H](C)c2ccccc2)N3C(=O)c2ccc(F)cc2)cc1. The summed E-state index contributed by atoms with van der Waals surface area (Å²) in [5.74, 6) is -1.25. The Bertz CT molecular complexity index is 1350. The maximum absolute atomic E-state index is 13.9. The monoisotopic (exact) mass is 543 g/mol. The van der Waals surface area contributed by atoms with Gasteiger partial charge >= 0.3 is 0 Å². The van der Waals surface area contributed by atoms with Crippen molar-refractivity contribution in [2.45, 2.75) is 50.9 Å². The predicted octanol–water partition coefficient (Wildman–Crippen LogP) is 4.74. The van der Waals surface area contributed by atoms with Crippen molar-refractivity contribution in [2.24, 2.45) is 0 Å². The Labute approximate surface area is 233 Å². The van der Waals surface area contributed by atoms with Crippen LogP contribution in [0.15, 0.2) is 78.9 Å². The van der Waals surface area contributed by atoms with Gasteiger partial charge in [0, 0.05) is 37.1 Å². The molecule has 0 radical (unpaired) electrons. The van der Waals surface area contributed by atoms with Crippen LogP contribution in [0.3, 0.4) is 0 Å². The molecule has 3 aromatic rings. The molecule has 2 aliphatic rings. The Kier molecular flexibility index (Phi) is 7.98. The number of likely N-dealkylation sites (tertiary alicyclic amines) is 1. The Morgan fingerprint density at radius 1 is 0.925 bits per heavy atom. The number of ether oxygens (including phenoxy) is 1. The third-order valence-corrected chi connectivity index (χ3v) is 7.97. The molecule has 5 rings (SSSR count). The van der Waals surface area contributed by atoms with E-state index < -0.39 is 23.5 Å². The summed E-state index contributed by atoms with van der Waals surface area (Å²) in [5, 5.41) is 3.03. The Balaban J connectivity index is 1.36. The van der Waals surface area contributed by atoms with Gasteiger partial charge in [-0.05, 0) is 60.9 Å². The lowest BCUT2D eigenvalue weighted by Gasteiger charge is -2.44. The van der Waals surface area contributed by atoms with E-state index in [0.717, 1.165) is 17.5 Å². The van der Waals surface area contributed by atoms with Crippen LogP contribution in [0.5, 0.6) is 0 Å². The summed E-state index contributed by atoms with van der Waals surface area (Å²) in [4.78, 5) is 43.9. The van der Waals surface area contributed by atoms with Crippen molar-refractivity contribution in [3.05, 3.63) is 107 Å². The first-order valence-corrected chi connectivity index (χ1v) is 13.8. The Hall–Kier alpha value is -4.04. The number of piperidine rings is 1. The zero-order chi connectivity index (χ0) is 28.3. The number of nitrogens with one attached hydrogen (secondary N) is 1. The number of carbonyl (C=O) groups excluding carboxylic acids is 3. The van der Waals surface area contributed by atoms with Crippen molar-refractivity contribution in [3.8, 4) is 0 Å². The lowest BCUT2D eigenvalue weighted by molar-refractivity contribution is -0.128. The van der Waals surface area contributed by atoms with Crippen LogP contribution in [0.1, 0.15) is 64.6 Å². The Morgan fingerprint density at radius 3 is 2.15 bits per heavy atom. The molecule has 7 nitrogen and oxygen atoms in total. The minimum Gasteiger partial charge on any atom is -0.353 e. The van der Waals surface area contributed by atoms with E-state index in [9.17, 15) is 18.8 Å². The molecule has 2 aliphatic heterocycles. The summed E-state index contributed by atoms with van der Waals surface area (Å²) in [6.07, 6.45) is 1.61. The van der Waals surface area contributed by atoms with E-state index in [0.29, 0.717) is 31.5 Å². The van der Waals surface area contributed by atoms with Crippen LogP contribution < -0.4 is 5.32 Å². The minimum atomic E-state index is -1.05. The van der Waals surface area contributed by atoms with Gasteiger partial charge in [-0.3, -0.25) is 19.3 Å². The summed E-state index contributed by atoms with van der Waals surface area (Å²) in [5.41, 5.74) is 1.95. The highest BCUT2D eigenvalue weighted by molar-refractivity contribution is 5.98. The molecule has 3 aromatic carbocycles. The van der Waals surface area contributed by atoms with Crippen molar-refractivity contribution in [1.82, 2.24) is 15.1 Å². The summed E-state index contributed by atoms with van der Waals surface area (Å²) in [6, 6.07) is 21.4. The van der Waals surface area contributed by atoms with Gasteiger partial charge in [0.05, 0.1) is 12.6 Å². The third kappa shape index (κ3) is 5.49. The van der Waals surface area contributed by atoms with Crippen molar-refractivity contribution in [1.29, 1.82) is 0 Å². The second-order valence-corrected chi connectivity index (χ2v) is 10.4. The van der Waals surface area contributed by atoms with Crippen LogP contribution in [0.4, 0.5) is 4.39 Å². The molecule has 0 saturated carbocycles. The molecular weight excluding hydrogens is 509 g/mol. The fourth-order valence-corrected chi connectivity index (χ4v) is 5.56. The van der Waals surface area contributed by atoms with Crippen LogP contribution in [-0.4, -0.2) is 59.0 Å². The average Bonchev–Trinajstić information content (AvgIpc) is 3.36. The zero-order valence-electron chi connectivity index (χ0n) is 22.8. The number of halogens is 1. The molecule has 1 spiro atoms. The molecule has 208 valence electrons. The van der Waals surface area contributed by atoms with E-state index in [2.05, 4.69) is 12.2 Å². The number of carbonyl (C=O) groups is 3. The molecule has 40 heavy (non-hydrogen) atoms. The molecule has 8 heteroatoms. The fraction of sp³-hybridized carbons (Fsp3) is 0.344. The first-order chi connectivity index (χ1) is 19.3. The standard InChI is InChI=1S/C32H34FN3O4/c1-3-23-9-11-25(12-10-23)30(38)35-19-17-32(18-20-35)36(31(39)26-13-15-27(33)16-14-26)28(21-40-32)29(37)34-22(2)24-7-5-4-6-8-24/h4-16,22,28H,3,17-21H2,1-2H3,(H,34,37)/t22-,28-/m0/s1. The van der Waals surface area contributed by atoms with Crippen LogP contribution in [-0.2, 0) is 16.0 Å². The number of rotatable bonds is 6. The third-order valence-electron chi connectivity index (χ3n) is 7.97. The van der Waals surface area contributed by atoms with Gasteiger partial charge in [-0.1, -0.05) is 49.4 Å². The second-order valence-electron chi connectivity index (χ2n) is 10.4. The van der Waals surface area contributed by atoms with Crippen molar-refractivity contribution < 1.29 is 23.5 Å². The largest absolute Gasteiger partial charge is 0.353 e. The fourth-order valence-electron chi connectivity index (χ4n) is 5.56. The summed E-state index contributed by atoms with van der Waals surface area (Å²) < 4.78 is 19.9. The van der Waals surface area contributed by atoms with Crippen LogP contribution >= 0.6 is 0 Å².